The maximum absolute atomic E-state index is 12.2. The molecule has 3 aromatic rings. The van der Waals surface area contributed by atoms with Crippen molar-refractivity contribution in [2.24, 2.45) is 0 Å². The van der Waals surface area contributed by atoms with Crippen molar-refractivity contribution in [3.8, 4) is 17.0 Å². The van der Waals surface area contributed by atoms with Gasteiger partial charge in [-0.25, -0.2) is 0 Å². The molecule has 0 saturated heterocycles. The van der Waals surface area contributed by atoms with Crippen molar-refractivity contribution >= 4 is 11.5 Å². The summed E-state index contributed by atoms with van der Waals surface area (Å²) < 4.78 is 40.5. The molecule has 2 N–H and O–H groups in total. The van der Waals surface area contributed by atoms with Gasteiger partial charge in [0.25, 0.3) is 0 Å². The number of hydrogen-bond donors (Lipinski definition) is 2. The Morgan fingerprint density at radius 2 is 1.80 bits per heavy atom. The lowest BCUT2D eigenvalue weighted by Crippen LogP contribution is -2.16. The van der Waals surface area contributed by atoms with Crippen molar-refractivity contribution in [1.29, 1.82) is 0 Å². The summed E-state index contributed by atoms with van der Waals surface area (Å²) in [6.45, 7) is 2.10. The van der Waals surface area contributed by atoms with E-state index in [1.54, 1.807) is 0 Å². The highest BCUT2D eigenvalue weighted by Crippen LogP contribution is 2.46. The van der Waals surface area contributed by atoms with Gasteiger partial charge in [0, 0.05) is 22.7 Å². The molecule has 0 aliphatic heterocycles. The van der Waals surface area contributed by atoms with Crippen LogP contribution in [0.25, 0.3) is 11.3 Å². The van der Waals surface area contributed by atoms with Crippen LogP contribution in [-0.4, -0.2) is 16.6 Å². The summed E-state index contributed by atoms with van der Waals surface area (Å²) in [6, 6.07) is 13.7. The third kappa shape index (κ3) is 2.82. The summed E-state index contributed by atoms with van der Waals surface area (Å²) in [5.74, 6) is 0.592. The standard InChI is InChI=1S/C18H14F3N3O/c1-10-13-4-2-3-5-14(13)16-15(10)17(24-23-16)22-11-6-8-12(9-7-11)25-18(19,20)21/h2-10H,1H3,(H2,22,23,24). The molecule has 1 atom stereocenters. The van der Waals surface area contributed by atoms with Gasteiger partial charge < -0.3 is 10.1 Å². The Morgan fingerprint density at radius 1 is 1.08 bits per heavy atom. The number of ether oxygens (including phenoxy) is 1. The van der Waals surface area contributed by atoms with Crippen LogP contribution in [0.4, 0.5) is 24.7 Å². The number of benzene rings is 2. The number of fused-ring (bicyclic) bond motifs is 3. The molecule has 0 fully saturated rings. The zero-order valence-electron chi connectivity index (χ0n) is 13.2. The Hall–Kier alpha value is -2.96. The number of anilines is 2. The lowest BCUT2D eigenvalue weighted by Gasteiger charge is -2.11. The van der Waals surface area contributed by atoms with E-state index in [-0.39, 0.29) is 11.7 Å². The van der Waals surface area contributed by atoms with E-state index in [0.29, 0.717) is 11.5 Å². The van der Waals surface area contributed by atoms with Crippen molar-refractivity contribution in [2.45, 2.75) is 19.2 Å². The van der Waals surface area contributed by atoms with Gasteiger partial charge in [-0.2, -0.15) is 5.10 Å². The number of hydrogen-bond acceptors (Lipinski definition) is 3. The topological polar surface area (TPSA) is 49.9 Å². The van der Waals surface area contributed by atoms with Crippen LogP contribution in [0.3, 0.4) is 0 Å². The Balaban J connectivity index is 1.59. The number of aromatic amines is 1. The molecule has 0 spiro atoms. The van der Waals surface area contributed by atoms with Gasteiger partial charge in [-0.3, -0.25) is 5.10 Å². The number of rotatable bonds is 3. The average molecular weight is 345 g/mol. The summed E-state index contributed by atoms with van der Waals surface area (Å²) in [5.41, 5.74) is 5.01. The fourth-order valence-electron chi connectivity index (χ4n) is 3.21. The predicted octanol–water partition coefficient (Wildman–Crippen LogP) is 5.18. The van der Waals surface area contributed by atoms with Crippen LogP contribution in [0.5, 0.6) is 5.75 Å². The third-order valence-corrected chi connectivity index (χ3v) is 4.28. The van der Waals surface area contributed by atoms with E-state index in [2.05, 4.69) is 33.2 Å². The minimum Gasteiger partial charge on any atom is -0.406 e. The van der Waals surface area contributed by atoms with Gasteiger partial charge in [0.15, 0.2) is 5.82 Å². The molecule has 1 aliphatic rings. The van der Waals surface area contributed by atoms with Crippen molar-refractivity contribution < 1.29 is 17.9 Å². The van der Waals surface area contributed by atoms with Crippen LogP contribution < -0.4 is 10.1 Å². The first-order chi connectivity index (χ1) is 11.9. The maximum atomic E-state index is 12.2. The van der Waals surface area contributed by atoms with Crippen LogP contribution in [0.2, 0.25) is 0 Å². The van der Waals surface area contributed by atoms with Crippen LogP contribution in [0.1, 0.15) is 24.0 Å². The molecular formula is C18H14F3N3O. The molecule has 4 rings (SSSR count). The largest absolute Gasteiger partial charge is 0.573 e. The lowest BCUT2D eigenvalue weighted by molar-refractivity contribution is -0.274. The van der Waals surface area contributed by atoms with E-state index in [1.165, 1.54) is 29.8 Å². The number of halogens is 3. The van der Waals surface area contributed by atoms with Crippen LogP contribution >= 0.6 is 0 Å². The second-order valence-electron chi connectivity index (χ2n) is 5.87. The van der Waals surface area contributed by atoms with Crippen LogP contribution in [0.15, 0.2) is 48.5 Å². The van der Waals surface area contributed by atoms with Gasteiger partial charge >= 0.3 is 6.36 Å². The molecule has 2 aromatic carbocycles. The Labute approximate surface area is 141 Å². The Morgan fingerprint density at radius 3 is 2.52 bits per heavy atom. The summed E-state index contributed by atoms with van der Waals surface area (Å²) >= 11 is 0. The molecule has 25 heavy (non-hydrogen) atoms. The van der Waals surface area contributed by atoms with Gasteiger partial charge in [-0.05, 0) is 29.8 Å². The number of alkyl halides is 3. The number of nitrogens with zero attached hydrogens (tertiary/aromatic N) is 1. The van der Waals surface area contributed by atoms with Crippen molar-refractivity contribution in [3.05, 3.63) is 59.7 Å². The fourth-order valence-corrected chi connectivity index (χ4v) is 3.21. The second-order valence-corrected chi connectivity index (χ2v) is 5.87. The number of aromatic nitrogens is 2. The first-order valence-corrected chi connectivity index (χ1v) is 7.73. The second kappa shape index (κ2) is 5.54. The maximum Gasteiger partial charge on any atom is 0.573 e. The number of H-pyrrole nitrogens is 1. The molecule has 0 saturated carbocycles. The summed E-state index contributed by atoms with van der Waals surface area (Å²) in [6.07, 6.45) is -4.70. The molecule has 1 heterocycles. The molecule has 128 valence electrons. The van der Waals surface area contributed by atoms with E-state index in [9.17, 15) is 13.2 Å². The molecule has 1 aliphatic carbocycles. The molecule has 1 unspecified atom stereocenters. The zero-order chi connectivity index (χ0) is 17.6. The van der Waals surface area contributed by atoms with Crippen molar-refractivity contribution in [3.63, 3.8) is 0 Å². The fraction of sp³-hybridized carbons (Fsp3) is 0.167. The van der Waals surface area contributed by atoms with Gasteiger partial charge in [-0.1, -0.05) is 31.2 Å². The first-order valence-electron chi connectivity index (χ1n) is 7.73. The predicted molar refractivity (Wildman–Crippen MR) is 87.9 cm³/mol. The molecule has 1 aromatic heterocycles. The van der Waals surface area contributed by atoms with E-state index in [1.807, 2.05) is 18.2 Å². The van der Waals surface area contributed by atoms with Crippen molar-refractivity contribution in [1.82, 2.24) is 10.2 Å². The first kappa shape index (κ1) is 15.6. The zero-order valence-corrected chi connectivity index (χ0v) is 13.2. The Kier molecular flexibility index (Phi) is 3.45. The summed E-state index contributed by atoms with van der Waals surface area (Å²) in [5, 5.41) is 10.5. The third-order valence-electron chi connectivity index (χ3n) is 4.28. The normalized spacial score (nSPS) is 15.6. The molecule has 4 nitrogen and oxygen atoms in total. The SMILES string of the molecule is CC1c2ccccc2-c2[nH]nc(Nc3ccc(OC(F)(F)F)cc3)c21. The smallest absolute Gasteiger partial charge is 0.406 e. The molecule has 0 bridgehead atoms. The summed E-state index contributed by atoms with van der Waals surface area (Å²) in [7, 11) is 0. The van der Waals surface area contributed by atoms with E-state index < -0.39 is 6.36 Å². The minimum atomic E-state index is -4.70. The van der Waals surface area contributed by atoms with Gasteiger partial charge in [-0.15, -0.1) is 13.2 Å². The monoisotopic (exact) mass is 345 g/mol. The van der Waals surface area contributed by atoms with Crippen LogP contribution in [0, 0.1) is 0 Å². The lowest BCUT2D eigenvalue weighted by atomic mass is 10.00. The highest BCUT2D eigenvalue weighted by molar-refractivity contribution is 5.81. The minimum absolute atomic E-state index is 0.181. The molecule has 7 heteroatoms. The van der Waals surface area contributed by atoms with Gasteiger partial charge in [0.2, 0.25) is 0 Å². The molecule has 0 radical (unpaired) electrons. The summed E-state index contributed by atoms with van der Waals surface area (Å²) in [4.78, 5) is 0. The average Bonchev–Trinajstić information content (AvgIpc) is 3.09. The molecular weight excluding hydrogens is 331 g/mol. The van der Waals surface area contributed by atoms with E-state index in [0.717, 1.165) is 16.8 Å². The van der Waals surface area contributed by atoms with E-state index >= 15 is 0 Å². The highest BCUT2D eigenvalue weighted by atomic mass is 19.4. The van der Waals surface area contributed by atoms with Gasteiger partial charge in [0.1, 0.15) is 5.75 Å². The van der Waals surface area contributed by atoms with E-state index in [4.69, 9.17) is 0 Å². The quantitative estimate of drug-likeness (QED) is 0.687. The van der Waals surface area contributed by atoms with Gasteiger partial charge in [0.05, 0.1) is 5.69 Å². The Bertz CT molecular complexity index is 916. The molecule has 0 amide bonds. The highest BCUT2D eigenvalue weighted by Gasteiger charge is 2.32. The number of nitrogens with one attached hydrogen (secondary N) is 2. The van der Waals surface area contributed by atoms with Crippen molar-refractivity contribution in [2.75, 3.05) is 5.32 Å². The van der Waals surface area contributed by atoms with Crippen LogP contribution in [-0.2, 0) is 0 Å².